The molecule has 0 nitrogen and oxygen atoms in total. The molecule has 0 radical (unpaired) electrons. The monoisotopic (exact) mass is 236 g/mol. The molecule has 0 aromatic heterocycles. The molecule has 0 aliphatic heterocycles. The Morgan fingerprint density at radius 2 is 1.61 bits per heavy atom. The van der Waals surface area contributed by atoms with E-state index in [1.165, 1.54) is 22.3 Å². The summed E-state index contributed by atoms with van der Waals surface area (Å²) in [4.78, 5) is 0. The Labute approximate surface area is 110 Å². The molecular formula is C18H20. The lowest BCUT2D eigenvalue weighted by Gasteiger charge is -2.04. The predicted molar refractivity (Wildman–Crippen MR) is 79.6 cm³/mol. The Morgan fingerprint density at radius 3 is 2.33 bits per heavy atom. The van der Waals surface area contributed by atoms with E-state index in [1.54, 1.807) is 0 Å². The van der Waals surface area contributed by atoms with Crippen LogP contribution >= 0.6 is 0 Å². The highest BCUT2D eigenvalue weighted by molar-refractivity contribution is 5.63. The first-order valence-electron chi connectivity index (χ1n) is 6.53. The first-order chi connectivity index (χ1) is 8.75. The average molecular weight is 236 g/mol. The molecule has 0 amide bonds. The molecule has 0 saturated carbocycles. The molecule has 0 fully saturated rings. The Morgan fingerprint density at radius 1 is 0.889 bits per heavy atom. The van der Waals surface area contributed by atoms with Crippen LogP contribution in [0.1, 0.15) is 25.8 Å². The van der Waals surface area contributed by atoms with Gasteiger partial charge >= 0.3 is 0 Å². The highest BCUT2D eigenvalue weighted by atomic mass is 14.0. The number of allylic oxidation sites excluding steroid dienone is 2. The third kappa shape index (κ3) is 3.59. The number of hydrogen-bond acceptors (Lipinski definition) is 0. The van der Waals surface area contributed by atoms with E-state index in [0.717, 1.165) is 12.8 Å². The van der Waals surface area contributed by atoms with E-state index in [4.69, 9.17) is 0 Å². The van der Waals surface area contributed by atoms with Crippen LogP contribution in [0.5, 0.6) is 0 Å². The van der Waals surface area contributed by atoms with E-state index in [-0.39, 0.29) is 0 Å². The molecule has 0 saturated heterocycles. The van der Waals surface area contributed by atoms with Crippen molar-refractivity contribution in [1.29, 1.82) is 0 Å². The van der Waals surface area contributed by atoms with Crippen molar-refractivity contribution in [2.24, 2.45) is 0 Å². The fraction of sp³-hybridized carbons (Fsp3) is 0.222. The summed E-state index contributed by atoms with van der Waals surface area (Å²) in [6, 6.07) is 19.4. The summed E-state index contributed by atoms with van der Waals surface area (Å²) in [5, 5.41) is 0. The van der Waals surface area contributed by atoms with Crippen molar-refractivity contribution in [1.82, 2.24) is 0 Å². The van der Waals surface area contributed by atoms with Crippen molar-refractivity contribution in [2.75, 3.05) is 0 Å². The zero-order valence-electron chi connectivity index (χ0n) is 11.2. The van der Waals surface area contributed by atoms with Crippen LogP contribution in [-0.4, -0.2) is 0 Å². The summed E-state index contributed by atoms with van der Waals surface area (Å²) in [6.07, 6.45) is 4.54. The highest BCUT2D eigenvalue weighted by Crippen LogP contribution is 2.20. The Bertz CT molecular complexity index is 517. The van der Waals surface area contributed by atoms with Crippen LogP contribution in [-0.2, 0) is 6.42 Å². The number of aryl methyl sites for hydroxylation is 1. The lowest BCUT2D eigenvalue weighted by molar-refractivity contribution is 0.989. The zero-order chi connectivity index (χ0) is 12.8. The van der Waals surface area contributed by atoms with Gasteiger partial charge in [0.05, 0.1) is 0 Å². The maximum absolute atomic E-state index is 2.30. The van der Waals surface area contributed by atoms with Crippen molar-refractivity contribution >= 4 is 0 Å². The van der Waals surface area contributed by atoms with E-state index < -0.39 is 0 Å². The number of benzene rings is 2. The minimum atomic E-state index is 1.12. The third-order valence-corrected chi connectivity index (χ3v) is 3.02. The Hall–Kier alpha value is -1.82. The van der Waals surface area contributed by atoms with Crippen molar-refractivity contribution in [3.05, 3.63) is 71.8 Å². The van der Waals surface area contributed by atoms with Gasteiger partial charge in [0, 0.05) is 0 Å². The van der Waals surface area contributed by atoms with E-state index in [9.17, 15) is 0 Å². The normalized spacial score (nSPS) is 10.1. The van der Waals surface area contributed by atoms with Crippen LogP contribution in [0.4, 0.5) is 0 Å². The molecule has 2 aromatic rings. The van der Waals surface area contributed by atoms with Gasteiger partial charge in [-0.3, -0.25) is 0 Å². The standard InChI is InChI=1S/C18H20/c1-15(2)8-6-9-16-10-7-13-18(14-16)17-11-4-3-5-12-17/h3-5,7-8,10-14H,6,9H2,1-2H3. The molecule has 0 heteroatoms. The number of hydrogen-bond donors (Lipinski definition) is 0. The molecule has 0 bridgehead atoms. The topological polar surface area (TPSA) is 0 Å². The summed E-state index contributed by atoms with van der Waals surface area (Å²) >= 11 is 0. The van der Waals surface area contributed by atoms with Crippen molar-refractivity contribution < 1.29 is 0 Å². The summed E-state index contributed by atoms with van der Waals surface area (Å²) in [5.41, 5.74) is 5.41. The first-order valence-corrected chi connectivity index (χ1v) is 6.53. The van der Waals surface area contributed by atoms with Gasteiger partial charge in [-0.1, -0.05) is 66.2 Å². The zero-order valence-corrected chi connectivity index (χ0v) is 11.2. The second-order valence-electron chi connectivity index (χ2n) is 4.89. The molecule has 0 N–H and O–H groups in total. The fourth-order valence-electron chi connectivity index (χ4n) is 2.06. The van der Waals surface area contributed by atoms with Gasteiger partial charge in [-0.05, 0) is 43.4 Å². The average Bonchev–Trinajstić information content (AvgIpc) is 2.40. The van der Waals surface area contributed by atoms with Crippen molar-refractivity contribution in [2.45, 2.75) is 26.7 Å². The van der Waals surface area contributed by atoms with Gasteiger partial charge in [-0.2, -0.15) is 0 Å². The fourth-order valence-corrected chi connectivity index (χ4v) is 2.06. The maximum Gasteiger partial charge on any atom is -0.0181 e. The van der Waals surface area contributed by atoms with Gasteiger partial charge in [0.1, 0.15) is 0 Å². The molecule has 92 valence electrons. The molecule has 0 spiro atoms. The van der Waals surface area contributed by atoms with Gasteiger partial charge in [-0.25, -0.2) is 0 Å². The SMILES string of the molecule is CC(C)=CCCc1cccc(-c2ccccc2)c1. The summed E-state index contributed by atoms with van der Waals surface area (Å²) in [6.45, 7) is 4.31. The second kappa shape index (κ2) is 6.20. The van der Waals surface area contributed by atoms with Crippen LogP contribution in [0.25, 0.3) is 11.1 Å². The van der Waals surface area contributed by atoms with E-state index in [0.29, 0.717) is 0 Å². The second-order valence-corrected chi connectivity index (χ2v) is 4.89. The molecule has 2 aromatic carbocycles. The molecule has 0 heterocycles. The predicted octanol–water partition coefficient (Wildman–Crippen LogP) is 5.25. The molecule has 18 heavy (non-hydrogen) atoms. The van der Waals surface area contributed by atoms with E-state index in [1.807, 2.05) is 0 Å². The smallest absolute Gasteiger partial charge is 0.0181 e. The molecule has 0 unspecified atom stereocenters. The van der Waals surface area contributed by atoms with E-state index >= 15 is 0 Å². The van der Waals surface area contributed by atoms with Gasteiger partial charge < -0.3 is 0 Å². The van der Waals surface area contributed by atoms with Gasteiger partial charge in [0.15, 0.2) is 0 Å². The first kappa shape index (κ1) is 12.6. The van der Waals surface area contributed by atoms with Crippen LogP contribution in [0.2, 0.25) is 0 Å². The summed E-state index contributed by atoms with van der Waals surface area (Å²) < 4.78 is 0. The lowest BCUT2D eigenvalue weighted by atomic mass is 10.0. The molecule has 0 aliphatic rings. The van der Waals surface area contributed by atoms with E-state index in [2.05, 4.69) is 74.5 Å². The quantitative estimate of drug-likeness (QED) is 0.636. The van der Waals surface area contributed by atoms with Crippen molar-refractivity contribution in [3.8, 4) is 11.1 Å². The maximum atomic E-state index is 2.30. The molecule has 0 aliphatic carbocycles. The Kier molecular flexibility index (Phi) is 4.35. The van der Waals surface area contributed by atoms with Crippen LogP contribution in [0, 0.1) is 0 Å². The number of rotatable bonds is 4. The van der Waals surface area contributed by atoms with Gasteiger partial charge in [0.2, 0.25) is 0 Å². The third-order valence-electron chi connectivity index (χ3n) is 3.02. The molecule has 0 atom stereocenters. The largest absolute Gasteiger partial charge is 0.0856 e. The lowest BCUT2D eigenvalue weighted by Crippen LogP contribution is -1.85. The summed E-state index contributed by atoms with van der Waals surface area (Å²) in [5.74, 6) is 0. The van der Waals surface area contributed by atoms with Crippen LogP contribution < -0.4 is 0 Å². The van der Waals surface area contributed by atoms with Crippen LogP contribution in [0.15, 0.2) is 66.2 Å². The van der Waals surface area contributed by atoms with Crippen molar-refractivity contribution in [3.63, 3.8) is 0 Å². The minimum absolute atomic E-state index is 1.12. The van der Waals surface area contributed by atoms with Gasteiger partial charge in [0.25, 0.3) is 0 Å². The Balaban J connectivity index is 2.13. The summed E-state index contributed by atoms with van der Waals surface area (Å²) in [7, 11) is 0. The molecule has 2 rings (SSSR count). The highest BCUT2D eigenvalue weighted by Gasteiger charge is 1.98. The van der Waals surface area contributed by atoms with Crippen LogP contribution in [0.3, 0.4) is 0 Å². The molecular weight excluding hydrogens is 216 g/mol. The minimum Gasteiger partial charge on any atom is -0.0856 e. The van der Waals surface area contributed by atoms with Gasteiger partial charge in [-0.15, -0.1) is 0 Å².